The minimum atomic E-state index is -0.324. The summed E-state index contributed by atoms with van der Waals surface area (Å²) in [5.41, 5.74) is 2.44. The minimum absolute atomic E-state index is 0.0867. The summed E-state index contributed by atoms with van der Waals surface area (Å²) < 4.78 is 11.1. The molecule has 1 aromatic carbocycles. The Hall–Kier alpha value is -2.04. The first kappa shape index (κ1) is 23.6. The highest BCUT2D eigenvalue weighted by atomic mass is 16.5. The van der Waals surface area contributed by atoms with Gasteiger partial charge < -0.3 is 14.8 Å². The van der Waals surface area contributed by atoms with Gasteiger partial charge in [-0.3, -0.25) is 9.59 Å². The summed E-state index contributed by atoms with van der Waals surface area (Å²) in [5, 5.41) is 3.10. The van der Waals surface area contributed by atoms with E-state index in [2.05, 4.69) is 31.3 Å². The van der Waals surface area contributed by atoms with Crippen LogP contribution in [0.25, 0.3) is 0 Å². The van der Waals surface area contributed by atoms with Gasteiger partial charge in [-0.15, -0.1) is 0 Å². The lowest BCUT2D eigenvalue weighted by Crippen LogP contribution is -2.43. The number of hydrogen-bond acceptors (Lipinski definition) is 4. The van der Waals surface area contributed by atoms with Crippen molar-refractivity contribution in [2.75, 3.05) is 13.7 Å². The lowest BCUT2D eigenvalue weighted by Gasteiger charge is -2.41. The lowest BCUT2D eigenvalue weighted by atomic mass is 9.65. The van der Waals surface area contributed by atoms with Gasteiger partial charge in [-0.05, 0) is 73.6 Å². The molecular weight excluding hydrogens is 390 g/mol. The Balaban J connectivity index is 1.74. The van der Waals surface area contributed by atoms with Crippen LogP contribution in [0.1, 0.15) is 76.8 Å². The first-order valence-corrected chi connectivity index (χ1v) is 12.0. The smallest absolute Gasteiger partial charge is 0.302 e. The zero-order valence-corrected chi connectivity index (χ0v) is 19.7. The van der Waals surface area contributed by atoms with Crippen LogP contribution >= 0.6 is 0 Å². The van der Waals surface area contributed by atoms with Crippen LogP contribution in [0.3, 0.4) is 0 Å². The molecule has 0 radical (unpaired) electrons. The summed E-state index contributed by atoms with van der Waals surface area (Å²) in [6.45, 7) is 6.54. The highest BCUT2D eigenvalue weighted by Gasteiger charge is 2.52. The Morgan fingerprint density at radius 3 is 2.68 bits per heavy atom. The molecule has 2 unspecified atom stereocenters. The van der Waals surface area contributed by atoms with E-state index in [0.29, 0.717) is 18.3 Å². The van der Waals surface area contributed by atoms with E-state index in [1.807, 2.05) is 6.07 Å². The van der Waals surface area contributed by atoms with Crippen molar-refractivity contribution in [1.29, 1.82) is 0 Å². The molecular formula is C26H39NO4. The van der Waals surface area contributed by atoms with Crippen LogP contribution in [0.2, 0.25) is 0 Å². The maximum Gasteiger partial charge on any atom is 0.302 e. The number of aryl methyl sites for hydroxylation is 1. The first-order chi connectivity index (χ1) is 14.9. The maximum atomic E-state index is 12.8. The SMILES string of the molecule is CCCCCNC(=O)C[C@@]1(C)C(C2CCc3cc(OC)ccc3C2)CC[C@@H]1OC(C)=O. The number of hydrogen-bond donors (Lipinski definition) is 1. The zero-order valence-electron chi connectivity index (χ0n) is 19.7. The van der Waals surface area contributed by atoms with E-state index in [9.17, 15) is 9.59 Å². The molecule has 0 aliphatic heterocycles. The molecule has 3 rings (SSSR count). The third-order valence-electron chi connectivity index (χ3n) is 7.52. The Morgan fingerprint density at radius 2 is 1.97 bits per heavy atom. The zero-order chi connectivity index (χ0) is 22.4. The molecule has 0 saturated heterocycles. The van der Waals surface area contributed by atoms with E-state index in [-0.39, 0.29) is 23.4 Å². The number of fused-ring (bicyclic) bond motifs is 1. The van der Waals surface area contributed by atoms with Crippen molar-refractivity contribution in [2.24, 2.45) is 17.3 Å². The fraction of sp³-hybridized carbons (Fsp3) is 0.692. The molecule has 1 aromatic rings. The highest BCUT2D eigenvalue weighted by Crippen LogP contribution is 2.53. The van der Waals surface area contributed by atoms with Crippen molar-refractivity contribution in [3.05, 3.63) is 29.3 Å². The predicted molar refractivity (Wildman–Crippen MR) is 122 cm³/mol. The van der Waals surface area contributed by atoms with Gasteiger partial charge >= 0.3 is 5.97 Å². The van der Waals surface area contributed by atoms with E-state index < -0.39 is 0 Å². The highest BCUT2D eigenvalue weighted by molar-refractivity contribution is 5.77. The fourth-order valence-electron chi connectivity index (χ4n) is 5.88. The molecule has 5 heteroatoms. The summed E-state index contributed by atoms with van der Waals surface area (Å²) in [7, 11) is 1.71. The van der Waals surface area contributed by atoms with Gasteiger partial charge in [0, 0.05) is 25.3 Å². The number of methoxy groups -OCH3 is 1. The number of carbonyl (C=O) groups is 2. The predicted octanol–water partition coefficient (Wildman–Crippen LogP) is 4.84. The topological polar surface area (TPSA) is 64.6 Å². The number of carbonyl (C=O) groups excluding carboxylic acids is 2. The van der Waals surface area contributed by atoms with Crippen LogP contribution < -0.4 is 10.1 Å². The quantitative estimate of drug-likeness (QED) is 0.450. The Labute approximate surface area is 187 Å². The van der Waals surface area contributed by atoms with Gasteiger partial charge in [0.15, 0.2) is 0 Å². The molecule has 0 heterocycles. The van der Waals surface area contributed by atoms with E-state index in [1.165, 1.54) is 18.1 Å². The Morgan fingerprint density at radius 1 is 1.16 bits per heavy atom. The Bertz CT molecular complexity index is 777. The third kappa shape index (κ3) is 5.61. The van der Waals surface area contributed by atoms with Gasteiger partial charge in [0.2, 0.25) is 5.91 Å². The van der Waals surface area contributed by atoms with Crippen molar-refractivity contribution < 1.29 is 19.1 Å². The molecule has 2 aliphatic carbocycles. The third-order valence-corrected chi connectivity index (χ3v) is 7.52. The van der Waals surface area contributed by atoms with Crippen molar-refractivity contribution in [3.8, 4) is 5.75 Å². The molecule has 1 saturated carbocycles. The summed E-state index contributed by atoms with van der Waals surface area (Å²) in [6.07, 6.45) is 8.52. The number of amides is 1. The molecule has 1 amide bonds. The molecule has 31 heavy (non-hydrogen) atoms. The minimum Gasteiger partial charge on any atom is -0.497 e. The summed E-state index contributed by atoms with van der Waals surface area (Å²) >= 11 is 0. The van der Waals surface area contributed by atoms with Gasteiger partial charge in [0.25, 0.3) is 0 Å². The molecule has 0 spiro atoms. The molecule has 0 bridgehead atoms. The largest absolute Gasteiger partial charge is 0.497 e. The van der Waals surface area contributed by atoms with Gasteiger partial charge in [0.05, 0.1) is 7.11 Å². The molecule has 1 fully saturated rings. The molecule has 172 valence electrons. The lowest BCUT2D eigenvalue weighted by molar-refractivity contribution is -0.155. The van der Waals surface area contributed by atoms with E-state index in [1.54, 1.807) is 7.11 Å². The molecule has 1 N–H and O–H groups in total. The summed E-state index contributed by atoms with van der Waals surface area (Å²) in [6, 6.07) is 6.39. The van der Waals surface area contributed by atoms with Crippen LogP contribution in [0.4, 0.5) is 0 Å². The van der Waals surface area contributed by atoms with Crippen molar-refractivity contribution in [2.45, 2.75) is 84.7 Å². The van der Waals surface area contributed by atoms with E-state index in [0.717, 1.165) is 63.7 Å². The Kier molecular flexibility index (Phi) is 8.01. The number of ether oxygens (including phenoxy) is 2. The van der Waals surface area contributed by atoms with Crippen molar-refractivity contribution >= 4 is 11.9 Å². The average Bonchev–Trinajstić information content (AvgIpc) is 3.05. The number of esters is 1. The van der Waals surface area contributed by atoms with Gasteiger partial charge in [-0.2, -0.15) is 0 Å². The second kappa shape index (κ2) is 10.5. The molecule has 5 nitrogen and oxygen atoms in total. The standard InChI is InChI=1S/C26H39NO4/c1-5-6-7-14-27-25(29)17-26(3)23(12-13-24(26)31-18(2)28)21-9-8-20-16-22(30-4)11-10-19(20)15-21/h10-11,16,21,23-24H,5-9,12-15,17H2,1-4H3,(H,27,29)/t21?,23?,24-,26-/m0/s1. The van der Waals surface area contributed by atoms with Crippen LogP contribution in [0.15, 0.2) is 18.2 Å². The van der Waals surface area contributed by atoms with E-state index >= 15 is 0 Å². The number of nitrogens with one attached hydrogen (secondary N) is 1. The number of rotatable bonds is 9. The number of benzene rings is 1. The number of unbranched alkanes of at least 4 members (excludes halogenated alkanes) is 2. The average molecular weight is 430 g/mol. The maximum absolute atomic E-state index is 12.8. The molecule has 2 aliphatic rings. The van der Waals surface area contributed by atoms with Crippen LogP contribution in [0, 0.1) is 17.3 Å². The summed E-state index contributed by atoms with van der Waals surface area (Å²) in [4.78, 5) is 24.6. The van der Waals surface area contributed by atoms with Crippen LogP contribution in [-0.2, 0) is 27.2 Å². The van der Waals surface area contributed by atoms with Crippen LogP contribution in [0.5, 0.6) is 5.75 Å². The van der Waals surface area contributed by atoms with Crippen molar-refractivity contribution in [1.82, 2.24) is 5.32 Å². The van der Waals surface area contributed by atoms with Gasteiger partial charge in [-0.25, -0.2) is 0 Å². The second-order valence-electron chi connectivity index (χ2n) is 9.66. The molecule has 4 atom stereocenters. The summed E-state index contributed by atoms with van der Waals surface area (Å²) in [5.74, 6) is 1.62. The normalized spacial score (nSPS) is 27.4. The first-order valence-electron chi connectivity index (χ1n) is 12.0. The van der Waals surface area contributed by atoms with Gasteiger partial charge in [-0.1, -0.05) is 32.8 Å². The van der Waals surface area contributed by atoms with Gasteiger partial charge in [0.1, 0.15) is 11.9 Å². The fourth-order valence-corrected chi connectivity index (χ4v) is 5.88. The van der Waals surface area contributed by atoms with Crippen molar-refractivity contribution in [3.63, 3.8) is 0 Å². The monoisotopic (exact) mass is 429 g/mol. The van der Waals surface area contributed by atoms with E-state index in [4.69, 9.17) is 9.47 Å². The molecule has 0 aromatic heterocycles. The van der Waals surface area contributed by atoms with Crippen LogP contribution in [-0.4, -0.2) is 31.6 Å². The second-order valence-corrected chi connectivity index (χ2v) is 9.66.